The van der Waals surface area contributed by atoms with Crippen LogP contribution in [0.4, 0.5) is 0 Å². The molecule has 2 saturated carbocycles. The molecule has 10 heteroatoms. The Hall–Kier alpha value is -3.73. The lowest BCUT2D eigenvalue weighted by Gasteiger charge is -2.57. The molecule has 0 aromatic heterocycles. The van der Waals surface area contributed by atoms with Crippen LogP contribution in [0.2, 0.25) is 0 Å². The van der Waals surface area contributed by atoms with Gasteiger partial charge < -0.3 is 20.7 Å². The molecule has 2 aromatic rings. The van der Waals surface area contributed by atoms with Crippen molar-refractivity contribution in [1.82, 2.24) is 4.90 Å². The number of carbonyl (C=O) groups is 5. The molecular weight excluding hydrogens is 504 g/mol. The van der Waals surface area contributed by atoms with Crippen molar-refractivity contribution < 1.29 is 38.9 Å². The zero-order valence-corrected chi connectivity index (χ0v) is 21.7. The Bertz CT molecular complexity index is 1390. The zero-order valence-electron chi connectivity index (χ0n) is 21.7. The van der Waals surface area contributed by atoms with Crippen LogP contribution in [0.3, 0.4) is 0 Å². The van der Waals surface area contributed by atoms with Gasteiger partial charge in [-0.1, -0.05) is 49.4 Å². The molecule has 8 atom stereocenters. The van der Waals surface area contributed by atoms with Gasteiger partial charge in [0.05, 0.1) is 36.2 Å². The summed E-state index contributed by atoms with van der Waals surface area (Å²) in [4.78, 5) is 68.9. The largest absolute Gasteiger partial charge is 0.507 e. The lowest BCUT2D eigenvalue weighted by Crippen LogP contribution is -2.78. The van der Waals surface area contributed by atoms with Crippen LogP contribution < -0.4 is 5.73 Å². The van der Waals surface area contributed by atoms with Crippen LogP contribution in [0.15, 0.2) is 48.5 Å². The minimum atomic E-state index is -2.90. The van der Waals surface area contributed by atoms with Crippen molar-refractivity contribution in [1.29, 1.82) is 0 Å². The van der Waals surface area contributed by atoms with Gasteiger partial charge in [0.15, 0.2) is 34.7 Å². The molecular formula is C29H30N2O8. The van der Waals surface area contributed by atoms with Gasteiger partial charge in [-0.2, -0.15) is 0 Å². The summed E-state index contributed by atoms with van der Waals surface area (Å²) in [6.07, 6.45) is -1.14. The summed E-state index contributed by atoms with van der Waals surface area (Å²) in [6, 6.07) is 12.4. The van der Waals surface area contributed by atoms with Crippen molar-refractivity contribution in [3.63, 3.8) is 0 Å². The first kappa shape index (κ1) is 26.9. The summed E-state index contributed by atoms with van der Waals surface area (Å²) < 4.78 is 6.38. The van der Waals surface area contributed by atoms with Gasteiger partial charge in [-0.15, -0.1) is 0 Å². The monoisotopic (exact) mass is 534 g/mol. The van der Waals surface area contributed by atoms with Gasteiger partial charge in [0.25, 0.3) is 0 Å². The molecule has 39 heavy (non-hydrogen) atoms. The highest BCUT2D eigenvalue weighted by atomic mass is 16.5. The first-order valence-corrected chi connectivity index (χ1v) is 12.7. The van der Waals surface area contributed by atoms with E-state index in [0.29, 0.717) is 5.56 Å². The fourth-order valence-corrected chi connectivity index (χ4v) is 6.90. The Morgan fingerprint density at radius 2 is 1.69 bits per heavy atom. The molecule has 3 aliphatic carbocycles. The zero-order chi connectivity index (χ0) is 28.4. The van der Waals surface area contributed by atoms with Crippen molar-refractivity contribution >= 4 is 29.0 Å². The van der Waals surface area contributed by atoms with Crippen LogP contribution in [0.1, 0.15) is 34.3 Å². The van der Waals surface area contributed by atoms with Gasteiger partial charge in [-0.3, -0.25) is 28.9 Å². The van der Waals surface area contributed by atoms with Crippen LogP contribution >= 0.6 is 0 Å². The molecule has 204 valence electrons. The van der Waals surface area contributed by atoms with E-state index in [9.17, 15) is 34.2 Å². The van der Waals surface area contributed by atoms with E-state index >= 15 is 0 Å². The average molecular weight is 535 g/mol. The first-order chi connectivity index (χ1) is 18.4. The lowest BCUT2D eigenvalue weighted by atomic mass is 9.49. The third kappa shape index (κ3) is 3.77. The molecule has 2 unspecified atom stereocenters. The number of phenolic OH excluding ortho intramolecular Hbond substituents is 1. The third-order valence-electron chi connectivity index (χ3n) is 8.61. The van der Waals surface area contributed by atoms with Crippen LogP contribution in [-0.2, 0) is 30.5 Å². The highest BCUT2D eigenvalue weighted by Gasteiger charge is 2.73. The molecule has 0 spiro atoms. The SMILES string of the molecule is C[C@H]1c2cccc(O)c2C(=O)C2C(=O)[C@]3(O)C(=O)C(C(N)=O)C(=O)[C@@H](N(C)C)[C@@H]3[C@@H](OCc3ccccc3)[C@@H]21. The van der Waals surface area contributed by atoms with E-state index in [-0.39, 0.29) is 17.9 Å². The number of aromatic hydroxyl groups is 1. The van der Waals surface area contributed by atoms with Gasteiger partial charge in [0.1, 0.15) is 5.75 Å². The number of likely N-dealkylation sites (N-methyl/N-ethyl adjacent to an activating group) is 1. The molecule has 5 rings (SSSR count). The standard InChI is InChI=1S/C29H30N2O8/c1-13-15-10-7-11-16(32)18(15)23(33)19-17(13)25(39-12-14-8-5-4-6-9-14)21-22(31(2)3)24(34)20(28(30)37)27(36)29(21,38)26(19)35/h4-11,13,17,19-22,25,32,38H,12H2,1-3H3,(H2,30,37)/t13-,17+,19?,20?,21+,22-,25-,29-/m0/s1. The summed E-state index contributed by atoms with van der Waals surface area (Å²) in [5.74, 6) is -12.1. The van der Waals surface area contributed by atoms with Crippen molar-refractivity contribution in [2.75, 3.05) is 14.1 Å². The molecule has 10 nitrogen and oxygen atoms in total. The number of nitrogens with two attached hydrogens (primary N) is 1. The number of ether oxygens (including phenoxy) is 1. The summed E-state index contributed by atoms with van der Waals surface area (Å²) >= 11 is 0. The number of fused-ring (bicyclic) bond motifs is 3. The van der Waals surface area contributed by atoms with Crippen LogP contribution in [0.5, 0.6) is 5.75 Å². The van der Waals surface area contributed by atoms with Crippen molar-refractivity contribution in [2.45, 2.75) is 37.2 Å². The highest BCUT2D eigenvalue weighted by Crippen LogP contribution is 2.55. The van der Waals surface area contributed by atoms with Gasteiger partial charge in [-0.05, 0) is 37.2 Å². The van der Waals surface area contributed by atoms with Gasteiger partial charge >= 0.3 is 0 Å². The molecule has 0 aliphatic heterocycles. The molecule has 1 amide bonds. The maximum atomic E-state index is 14.2. The molecule has 3 aliphatic rings. The summed E-state index contributed by atoms with van der Waals surface area (Å²) in [5, 5.41) is 22.6. The topological polar surface area (TPSA) is 164 Å². The van der Waals surface area contributed by atoms with Crippen molar-refractivity contribution in [3.8, 4) is 5.75 Å². The molecule has 0 bridgehead atoms. The van der Waals surface area contributed by atoms with Crippen LogP contribution in [0.25, 0.3) is 0 Å². The first-order valence-electron chi connectivity index (χ1n) is 12.7. The average Bonchev–Trinajstić information content (AvgIpc) is 2.88. The van der Waals surface area contributed by atoms with E-state index < -0.39 is 76.4 Å². The van der Waals surface area contributed by atoms with E-state index in [1.54, 1.807) is 19.1 Å². The third-order valence-corrected chi connectivity index (χ3v) is 8.61. The van der Waals surface area contributed by atoms with Gasteiger partial charge in [-0.25, -0.2) is 0 Å². The molecule has 2 aromatic carbocycles. The number of Topliss-reactive ketones (excluding diaryl/α,β-unsaturated/α-hetero) is 4. The number of primary amides is 1. The second-order valence-corrected chi connectivity index (χ2v) is 10.9. The molecule has 0 heterocycles. The molecule has 0 saturated heterocycles. The van der Waals surface area contributed by atoms with Crippen molar-refractivity contribution in [2.24, 2.45) is 29.4 Å². The second-order valence-electron chi connectivity index (χ2n) is 10.9. The Morgan fingerprint density at radius 1 is 1.03 bits per heavy atom. The number of amides is 1. The number of benzene rings is 2. The van der Waals surface area contributed by atoms with E-state index in [0.717, 1.165) is 5.56 Å². The summed E-state index contributed by atoms with van der Waals surface area (Å²) in [5.41, 5.74) is 3.71. The number of hydrogen-bond acceptors (Lipinski definition) is 9. The Kier molecular flexibility index (Phi) is 6.53. The smallest absolute Gasteiger partial charge is 0.235 e. The number of rotatable bonds is 5. The number of phenols is 1. The van der Waals surface area contributed by atoms with E-state index in [2.05, 4.69) is 0 Å². The Morgan fingerprint density at radius 3 is 2.31 bits per heavy atom. The Balaban J connectivity index is 1.74. The maximum Gasteiger partial charge on any atom is 0.235 e. The van der Waals surface area contributed by atoms with Crippen LogP contribution in [0, 0.1) is 23.7 Å². The number of ketones is 4. The molecule has 2 fully saturated rings. The highest BCUT2D eigenvalue weighted by molar-refractivity contribution is 6.32. The number of hydrogen-bond donors (Lipinski definition) is 3. The predicted octanol–water partition coefficient (Wildman–Crippen LogP) is 0.623. The number of nitrogens with zero attached hydrogens (tertiary/aromatic N) is 1. The number of carbonyl (C=O) groups excluding carboxylic acids is 5. The van der Waals surface area contributed by atoms with Gasteiger partial charge in [0.2, 0.25) is 5.91 Å². The lowest BCUT2D eigenvalue weighted by molar-refractivity contribution is -0.204. The summed E-state index contributed by atoms with van der Waals surface area (Å²) in [7, 11) is 3.06. The quantitative estimate of drug-likeness (QED) is 0.467. The fourth-order valence-electron chi connectivity index (χ4n) is 6.90. The fraction of sp³-hybridized carbons (Fsp3) is 0.414. The predicted molar refractivity (Wildman–Crippen MR) is 136 cm³/mol. The maximum absolute atomic E-state index is 14.2. The van der Waals surface area contributed by atoms with Crippen molar-refractivity contribution in [3.05, 3.63) is 65.2 Å². The minimum Gasteiger partial charge on any atom is -0.507 e. The number of aliphatic hydroxyl groups is 1. The Labute approximate surface area is 224 Å². The molecule has 4 N–H and O–H groups in total. The second kappa shape index (κ2) is 9.48. The molecule has 0 radical (unpaired) electrons. The van der Waals surface area contributed by atoms with E-state index in [1.807, 2.05) is 30.3 Å². The van der Waals surface area contributed by atoms with Gasteiger partial charge in [0, 0.05) is 5.92 Å². The minimum absolute atomic E-state index is 0.00504. The summed E-state index contributed by atoms with van der Waals surface area (Å²) in [6.45, 7) is 1.79. The van der Waals surface area contributed by atoms with Crippen LogP contribution in [-0.4, -0.2) is 76.0 Å². The normalized spacial score (nSPS) is 33.9. The van der Waals surface area contributed by atoms with E-state index in [4.69, 9.17) is 10.5 Å². The van der Waals surface area contributed by atoms with E-state index in [1.165, 1.54) is 25.1 Å².